The van der Waals surface area contributed by atoms with Crippen molar-refractivity contribution in [1.82, 2.24) is 0 Å². The summed E-state index contributed by atoms with van der Waals surface area (Å²) >= 11 is 5.62. The number of hydrogen-bond acceptors (Lipinski definition) is 5. The Morgan fingerprint density at radius 1 is 1.33 bits per heavy atom. The molecule has 82 valence electrons. The van der Waals surface area contributed by atoms with Crippen molar-refractivity contribution in [3.63, 3.8) is 0 Å². The highest BCUT2D eigenvalue weighted by atomic mass is 35.5. The first kappa shape index (κ1) is 12.2. The van der Waals surface area contributed by atoms with Crippen LogP contribution in [0.5, 0.6) is 5.75 Å². The molecule has 0 aliphatic heterocycles. The molecule has 0 aliphatic rings. The van der Waals surface area contributed by atoms with Gasteiger partial charge in [0.1, 0.15) is 0 Å². The first-order valence-corrected chi connectivity index (χ1v) is 4.15. The van der Waals surface area contributed by atoms with Crippen LogP contribution < -0.4 is 10.2 Å². The third-order valence-electron chi connectivity index (χ3n) is 1.73. The third kappa shape index (κ3) is 2.39. The van der Waals surface area contributed by atoms with Gasteiger partial charge in [0.15, 0.2) is 11.6 Å². The molecule has 5 nitrogen and oxygen atoms in total. The molecular formula is C7H7BClFO5. The molecule has 0 radical (unpaired) electrons. The Morgan fingerprint density at radius 2 is 1.93 bits per heavy atom. The van der Waals surface area contributed by atoms with Crippen molar-refractivity contribution in [3.05, 3.63) is 23.0 Å². The minimum Gasteiger partial charge on any atom is -0.492 e. The lowest BCUT2D eigenvalue weighted by molar-refractivity contribution is -0.221. The summed E-state index contributed by atoms with van der Waals surface area (Å²) < 4.78 is 18.2. The van der Waals surface area contributed by atoms with Crippen LogP contribution in [0.2, 0.25) is 5.02 Å². The molecule has 0 unspecified atom stereocenters. The Hall–Kier alpha value is -0.855. The van der Waals surface area contributed by atoms with Crippen LogP contribution in [-0.2, 0) is 9.61 Å². The minimum absolute atomic E-state index is 0.0494. The standard InChI is InChI=1S/C7H7BClFO5/c1-13-7-5(9)3-2-4(6(7)10)8(14-11)15-12/h2-3,11-12H,1H3. The molecule has 0 aliphatic carbocycles. The van der Waals surface area contributed by atoms with E-state index in [0.29, 0.717) is 0 Å². The van der Waals surface area contributed by atoms with Crippen molar-refractivity contribution in [2.24, 2.45) is 0 Å². The van der Waals surface area contributed by atoms with Crippen molar-refractivity contribution in [1.29, 1.82) is 0 Å². The largest absolute Gasteiger partial charge is 0.557 e. The molecule has 0 amide bonds. The zero-order chi connectivity index (χ0) is 11.4. The molecule has 0 bridgehead atoms. The summed E-state index contributed by atoms with van der Waals surface area (Å²) in [7, 11) is -0.431. The Kier molecular flexibility index (Phi) is 4.31. The van der Waals surface area contributed by atoms with E-state index in [1.807, 2.05) is 0 Å². The van der Waals surface area contributed by atoms with E-state index in [1.54, 1.807) is 0 Å². The van der Waals surface area contributed by atoms with E-state index < -0.39 is 12.9 Å². The van der Waals surface area contributed by atoms with Crippen molar-refractivity contribution in [2.75, 3.05) is 7.11 Å². The van der Waals surface area contributed by atoms with Crippen molar-refractivity contribution in [2.45, 2.75) is 0 Å². The molecule has 0 atom stereocenters. The minimum atomic E-state index is -1.66. The molecule has 8 heteroatoms. The quantitative estimate of drug-likeness (QED) is 0.466. The van der Waals surface area contributed by atoms with Gasteiger partial charge in [0.05, 0.1) is 12.1 Å². The molecule has 0 fully saturated rings. The molecule has 0 spiro atoms. The molecule has 1 aromatic rings. The lowest BCUT2D eigenvalue weighted by Crippen LogP contribution is -2.37. The number of ether oxygens (including phenoxy) is 1. The Bertz CT molecular complexity index is 346. The summed E-state index contributed by atoms with van der Waals surface area (Å²) in [5, 5.41) is 16.7. The molecule has 15 heavy (non-hydrogen) atoms. The fourth-order valence-corrected chi connectivity index (χ4v) is 1.27. The second-order valence-electron chi connectivity index (χ2n) is 2.53. The fourth-order valence-electron chi connectivity index (χ4n) is 1.05. The van der Waals surface area contributed by atoms with Gasteiger partial charge in [-0.3, -0.25) is 20.1 Å². The molecule has 0 saturated carbocycles. The van der Waals surface area contributed by atoms with E-state index in [2.05, 4.69) is 14.3 Å². The van der Waals surface area contributed by atoms with Crippen molar-refractivity contribution < 1.29 is 29.3 Å². The van der Waals surface area contributed by atoms with Crippen LogP contribution in [0.1, 0.15) is 0 Å². The van der Waals surface area contributed by atoms with Gasteiger partial charge in [0.25, 0.3) is 0 Å². The summed E-state index contributed by atoms with van der Waals surface area (Å²) in [6.45, 7) is 0. The van der Waals surface area contributed by atoms with Gasteiger partial charge in [-0.05, 0) is 6.07 Å². The number of hydrogen-bond donors (Lipinski definition) is 2. The van der Waals surface area contributed by atoms with E-state index in [9.17, 15) is 4.39 Å². The predicted octanol–water partition coefficient (Wildman–Crippen LogP) is 1.16. The van der Waals surface area contributed by atoms with Gasteiger partial charge in [-0.25, -0.2) is 4.39 Å². The van der Waals surface area contributed by atoms with Crippen LogP contribution in [-0.4, -0.2) is 24.7 Å². The summed E-state index contributed by atoms with van der Waals surface area (Å²) in [5.41, 5.74) is -0.249. The van der Waals surface area contributed by atoms with Crippen molar-refractivity contribution >= 4 is 24.2 Å². The number of rotatable bonds is 4. The zero-order valence-electron chi connectivity index (χ0n) is 7.61. The highest BCUT2D eigenvalue weighted by Gasteiger charge is 2.28. The van der Waals surface area contributed by atoms with E-state index in [-0.39, 0.29) is 16.2 Å². The monoisotopic (exact) mass is 236 g/mol. The molecular weight excluding hydrogens is 229 g/mol. The Labute approximate surface area is 89.9 Å². The van der Waals surface area contributed by atoms with Gasteiger partial charge in [0, 0.05) is 5.46 Å². The summed E-state index contributed by atoms with van der Waals surface area (Å²) in [6, 6.07) is 2.49. The van der Waals surface area contributed by atoms with Crippen LogP contribution in [0.25, 0.3) is 0 Å². The van der Waals surface area contributed by atoms with Crippen LogP contribution >= 0.6 is 11.6 Å². The molecule has 1 aromatic carbocycles. The smallest absolute Gasteiger partial charge is 0.492 e. The Morgan fingerprint density at radius 3 is 2.40 bits per heavy atom. The first-order chi connectivity index (χ1) is 7.15. The van der Waals surface area contributed by atoms with Crippen LogP contribution in [0.3, 0.4) is 0 Å². The van der Waals surface area contributed by atoms with Gasteiger partial charge in [-0.2, -0.15) is 0 Å². The first-order valence-electron chi connectivity index (χ1n) is 3.78. The van der Waals surface area contributed by atoms with Gasteiger partial charge >= 0.3 is 7.12 Å². The molecule has 2 N–H and O–H groups in total. The maximum absolute atomic E-state index is 13.6. The maximum Gasteiger partial charge on any atom is 0.557 e. The van der Waals surface area contributed by atoms with Crippen LogP contribution in [0, 0.1) is 5.82 Å². The second-order valence-corrected chi connectivity index (χ2v) is 2.93. The van der Waals surface area contributed by atoms with Crippen LogP contribution in [0.4, 0.5) is 4.39 Å². The Balaban J connectivity index is 3.20. The van der Waals surface area contributed by atoms with E-state index in [4.69, 9.17) is 22.1 Å². The average molecular weight is 236 g/mol. The lowest BCUT2D eigenvalue weighted by atomic mass is 9.79. The van der Waals surface area contributed by atoms with Gasteiger partial charge in [-0.1, -0.05) is 17.7 Å². The second kappa shape index (κ2) is 5.29. The number of benzene rings is 1. The highest BCUT2D eigenvalue weighted by Crippen LogP contribution is 2.25. The number of methoxy groups -OCH3 is 1. The molecule has 0 saturated heterocycles. The molecule has 0 heterocycles. The summed E-state index contributed by atoms with van der Waals surface area (Å²) in [6.07, 6.45) is 0. The van der Waals surface area contributed by atoms with E-state index >= 15 is 0 Å². The lowest BCUT2D eigenvalue weighted by Gasteiger charge is -2.10. The predicted molar refractivity (Wildman–Crippen MR) is 50.8 cm³/mol. The van der Waals surface area contributed by atoms with E-state index in [0.717, 1.165) is 0 Å². The van der Waals surface area contributed by atoms with Gasteiger partial charge in [0.2, 0.25) is 0 Å². The van der Waals surface area contributed by atoms with Gasteiger partial charge in [-0.15, -0.1) is 0 Å². The zero-order valence-corrected chi connectivity index (χ0v) is 8.36. The number of halogens is 2. The van der Waals surface area contributed by atoms with Gasteiger partial charge < -0.3 is 4.74 Å². The normalized spacial score (nSPS) is 10.2. The SMILES string of the molecule is COc1c(Cl)ccc(B(OO)OO)c1F. The van der Waals surface area contributed by atoms with Crippen LogP contribution in [0.15, 0.2) is 12.1 Å². The average Bonchev–Trinajstić information content (AvgIpc) is 2.23. The summed E-state index contributed by atoms with van der Waals surface area (Å²) in [4.78, 5) is 7.39. The molecule has 1 rings (SSSR count). The highest BCUT2D eigenvalue weighted by molar-refractivity contribution is 6.61. The topological polar surface area (TPSA) is 68.2 Å². The summed E-state index contributed by atoms with van der Waals surface area (Å²) in [5.74, 6) is -1.12. The van der Waals surface area contributed by atoms with Crippen molar-refractivity contribution in [3.8, 4) is 5.75 Å². The molecule has 0 aromatic heterocycles. The van der Waals surface area contributed by atoms with E-state index in [1.165, 1.54) is 19.2 Å². The fraction of sp³-hybridized carbons (Fsp3) is 0.143. The maximum atomic E-state index is 13.6. The third-order valence-corrected chi connectivity index (χ3v) is 2.03.